The van der Waals surface area contributed by atoms with Crippen LogP contribution in [0.3, 0.4) is 0 Å². The van der Waals surface area contributed by atoms with Crippen molar-refractivity contribution < 1.29 is 27.8 Å². The summed E-state index contributed by atoms with van der Waals surface area (Å²) >= 11 is 0.803. The van der Waals surface area contributed by atoms with E-state index >= 15 is 0 Å². The van der Waals surface area contributed by atoms with E-state index in [1.807, 2.05) is 37.3 Å². The lowest BCUT2D eigenvalue weighted by atomic mass is 10.1. The van der Waals surface area contributed by atoms with Crippen LogP contribution in [0.5, 0.6) is 11.5 Å². The number of hydrogen-bond donors (Lipinski definition) is 2. The van der Waals surface area contributed by atoms with E-state index < -0.39 is 24.0 Å². The van der Waals surface area contributed by atoms with Gasteiger partial charge in [-0.2, -0.15) is 22.5 Å². The number of nitrogens with zero attached hydrogens (tertiary/aromatic N) is 5. The number of alkyl halides is 3. The average molecular weight is 571 g/mol. The summed E-state index contributed by atoms with van der Waals surface area (Å²) in [5.41, 5.74) is -0.724. The van der Waals surface area contributed by atoms with Crippen LogP contribution >= 0.6 is 11.5 Å². The van der Waals surface area contributed by atoms with Crippen LogP contribution in [0, 0.1) is 0 Å². The van der Waals surface area contributed by atoms with Gasteiger partial charge in [0.1, 0.15) is 23.3 Å². The van der Waals surface area contributed by atoms with E-state index in [1.165, 1.54) is 6.07 Å². The lowest BCUT2D eigenvalue weighted by Gasteiger charge is -2.36. The number of para-hydroxylation sites is 1. The number of carbonyl (C=O) groups is 1. The first-order valence-electron chi connectivity index (χ1n) is 12.4. The zero-order valence-electron chi connectivity index (χ0n) is 21.2. The van der Waals surface area contributed by atoms with Crippen molar-refractivity contribution in [1.29, 1.82) is 0 Å². The van der Waals surface area contributed by atoms with Gasteiger partial charge in [-0.1, -0.05) is 30.3 Å². The number of rotatable bonds is 6. The zero-order chi connectivity index (χ0) is 28.3. The van der Waals surface area contributed by atoms with E-state index in [2.05, 4.69) is 19.7 Å². The summed E-state index contributed by atoms with van der Waals surface area (Å²) in [6, 6.07) is 17.3. The normalized spacial score (nSPS) is 16.4. The van der Waals surface area contributed by atoms with Gasteiger partial charge in [0.15, 0.2) is 5.82 Å². The molecular weight excluding hydrogens is 545 g/mol. The minimum Gasteiger partial charge on any atom is -0.457 e. The van der Waals surface area contributed by atoms with Gasteiger partial charge in [0.05, 0.1) is 5.69 Å². The Kier molecular flexibility index (Phi) is 7.96. The summed E-state index contributed by atoms with van der Waals surface area (Å²) < 4.78 is 50.4. The van der Waals surface area contributed by atoms with Gasteiger partial charge in [-0.05, 0) is 48.9 Å². The van der Waals surface area contributed by atoms with E-state index in [9.17, 15) is 23.1 Å². The lowest BCUT2D eigenvalue weighted by molar-refractivity contribution is -0.141. The van der Waals surface area contributed by atoms with Crippen LogP contribution in [-0.4, -0.2) is 56.1 Å². The van der Waals surface area contributed by atoms with Crippen molar-refractivity contribution in [1.82, 2.24) is 24.6 Å². The number of aliphatic hydroxyl groups is 1. The van der Waals surface area contributed by atoms with Gasteiger partial charge in [0.25, 0.3) is 0 Å². The Bertz CT molecular complexity index is 1450. The Labute approximate surface area is 232 Å². The molecule has 2 unspecified atom stereocenters. The molecule has 5 rings (SSSR count). The summed E-state index contributed by atoms with van der Waals surface area (Å²) in [6.07, 6.45) is -4.95. The number of aliphatic hydroxyl groups excluding tert-OH is 1. The van der Waals surface area contributed by atoms with Crippen LogP contribution in [0.1, 0.15) is 30.1 Å². The Hall–Kier alpha value is -4.07. The van der Waals surface area contributed by atoms with Crippen molar-refractivity contribution >= 4 is 28.4 Å². The van der Waals surface area contributed by atoms with Crippen LogP contribution in [0.25, 0.3) is 0 Å². The molecule has 4 aromatic rings. The number of hydrogen-bond acceptors (Lipinski definition) is 8. The lowest BCUT2D eigenvalue weighted by Crippen LogP contribution is -2.55. The van der Waals surface area contributed by atoms with Gasteiger partial charge < -0.3 is 20.1 Å². The van der Waals surface area contributed by atoms with Gasteiger partial charge in [-0.25, -0.2) is 9.69 Å². The number of halogens is 3. The number of nitrogens with one attached hydrogen (secondary N) is 1. The fourth-order valence-electron chi connectivity index (χ4n) is 4.19. The molecule has 3 heterocycles. The Morgan fingerprint density at radius 3 is 2.58 bits per heavy atom. The first kappa shape index (κ1) is 27.5. The maximum atomic E-state index is 13.7. The maximum Gasteiger partial charge on any atom is 0.433 e. The Balaban J connectivity index is 1.43. The second-order valence-electron chi connectivity index (χ2n) is 9.08. The third-order valence-corrected chi connectivity index (χ3v) is 6.99. The first-order valence-corrected chi connectivity index (χ1v) is 13.2. The molecule has 1 saturated heterocycles. The molecule has 2 N–H and O–H groups in total. The van der Waals surface area contributed by atoms with Crippen molar-refractivity contribution in [2.75, 3.05) is 24.5 Å². The molecule has 0 aliphatic carbocycles. The first-order chi connectivity index (χ1) is 19.2. The van der Waals surface area contributed by atoms with E-state index in [1.54, 1.807) is 29.2 Å². The highest BCUT2D eigenvalue weighted by atomic mass is 32.1. The minimum absolute atomic E-state index is 0.00740. The highest BCUT2D eigenvalue weighted by molar-refractivity contribution is 7.10. The molecule has 0 spiro atoms. The molecule has 2 atom stereocenters. The van der Waals surface area contributed by atoms with Crippen molar-refractivity contribution in [2.45, 2.75) is 25.2 Å². The number of carbonyl (C=O) groups excluding carboxylic acids is 1. The summed E-state index contributed by atoms with van der Waals surface area (Å²) in [6.45, 7) is 3.28. The molecule has 40 heavy (non-hydrogen) atoms. The second kappa shape index (κ2) is 11.6. The van der Waals surface area contributed by atoms with Crippen LogP contribution in [0.15, 0.2) is 72.9 Å². The summed E-state index contributed by atoms with van der Waals surface area (Å²) in [5.74, 6) is 1.23. The third-order valence-electron chi connectivity index (χ3n) is 6.27. The fourth-order valence-corrected chi connectivity index (χ4v) is 4.91. The molecule has 9 nitrogen and oxygen atoms in total. The highest BCUT2D eigenvalue weighted by Gasteiger charge is 2.36. The highest BCUT2D eigenvalue weighted by Crippen LogP contribution is 2.35. The van der Waals surface area contributed by atoms with E-state index in [-0.39, 0.29) is 22.7 Å². The number of piperazine rings is 1. The molecule has 1 aliphatic rings. The Morgan fingerprint density at radius 2 is 1.88 bits per heavy atom. The van der Waals surface area contributed by atoms with Crippen LogP contribution in [-0.2, 0) is 6.18 Å². The largest absolute Gasteiger partial charge is 0.457 e. The van der Waals surface area contributed by atoms with Crippen molar-refractivity contribution in [3.63, 3.8) is 0 Å². The molecule has 2 aromatic carbocycles. The molecule has 13 heteroatoms. The van der Waals surface area contributed by atoms with E-state index in [0.29, 0.717) is 36.7 Å². The molecule has 208 valence electrons. The number of anilines is 2. The number of amides is 2. The predicted molar refractivity (Wildman–Crippen MR) is 143 cm³/mol. The quantitative estimate of drug-likeness (QED) is 0.321. The molecule has 1 fully saturated rings. The molecule has 2 amide bonds. The van der Waals surface area contributed by atoms with E-state index in [0.717, 1.165) is 28.7 Å². The second-order valence-corrected chi connectivity index (χ2v) is 9.81. The summed E-state index contributed by atoms with van der Waals surface area (Å²) in [5, 5.41) is 14.2. The van der Waals surface area contributed by atoms with Gasteiger partial charge in [-0.3, -0.25) is 4.98 Å². The van der Waals surface area contributed by atoms with Crippen LogP contribution < -0.4 is 15.0 Å². The molecule has 0 saturated carbocycles. The molecule has 0 bridgehead atoms. The zero-order valence-corrected chi connectivity index (χ0v) is 22.1. The van der Waals surface area contributed by atoms with Crippen molar-refractivity contribution in [3.8, 4) is 11.5 Å². The van der Waals surface area contributed by atoms with Crippen LogP contribution in [0.2, 0.25) is 0 Å². The maximum absolute atomic E-state index is 13.7. The molecule has 1 aliphatic heterocycles. The smallest absolute Gasteiger partial charge is 0.433 e. The summed E-state index contributed by atoms with van der Waals surface area (Å²) in [7, 11) is 0. The number of benzene rings is 2. The minimum atomic E-state index is -4.70. The predicted octanol–water partition coefficient (Wildman–Crippen LogP) is 5.38. The molecule has 0 radical (unpaired) electrons. The molecular formula is C27H25F3N6O3S. The third kappa shape index (κ3) is 6.06. The van der Waals surface area contributed by atoms with Gasteiger partial charge in [0.2, 0.25) is 5.13 Å². The van der Waals surface area contributed by atoms with Crippen LogP contribution in [0.4, 0.5) is 28.8 Å². The van der Waals surface area contributed by atoms with Crippen molar-refractivity contribution in [2.24, 2.45) is 0 Å². The number of urea groups is 1. The molecule has 2 aromatic heterocycles. The number of aromatic nitrogens is 3. The topological polar surface area (TPSA) is 104 Å². The standard InChI is InChI=1S/C27H25F3N6O3S/c1-17-16-31-13-14-35(17)26(38)36(19-11-12-32-22(15-19)27(28,29)30)25-33-24(34-40-25)23(37)18-7-9-21(10-8-18)39-20-5-3-2-4-6-20/h2-12,15,17,23,31,37H,13-14,16H2,1H3. The van der Waals surface area contributed by atoms with E-state index in [4.69, 9.17) is 4.74 Å². The van der Waals surface area contributed by atoms with Crippen molar-refractivity contribution in [3.05, 3.63) is 90.0 Å². The fraction of sp³-hybridized carbons (Fsp3) is 0.259. The summed E-state index contributed by atoms with van der Waals surface area (Å²) in [4.78, 5) is 24.1. The number of pyridine rings is 1. The van der Waals surface area contributed by atoms with Gasteiger partial charge in [-0.15, -0.1) is 0 Å². The Morgan fingerprint density at radius 1 is 1.15 bits per heavy atom. The van der Waals surface area contributed by atoms with Gasteiger partial charge in [0, 0.05) is 43.4 Å². The van der Waals surface area contributed by atoms with Gasteiger partial charge >= 0.3 is 12.2 Å². The average Bonchev–Trinajstić information content (AvgIpc) is 3.43. The SMILES string of the molecule is CC1CNCCN1C(=O)N(c1ccnc(C(F)(F)F)c1)c1nc(C(O)c2ccc(Oc3ccccc3)cc2)ns1. The number of ether oxygens (including phenoxy) is 1. The monoisotopic (exact) mass is 570 g/mol.